The summed E-state index contributed by atoms with van der Waals surface area (Å²) in [7, 11) is 1.50. The molecular weight excluding hydrogens is 715 g/mol. The molecule has 0 saturated heterocycles. The molecule has 0 radical (unpaired) electrons. The van der Waals surface area contributed by atoms with Gasteiger partial charge in [-0.15, -0.1) is 0 Å². The van der Waals surface area contributed by atoms with E-state index in [0.717, 1.165) is 29.8 Å². The van der Waals surface area contributed by atoms with Crippen molar-refractivity contribution in [1.29, 1.82) is 0 Å². The molecule has 57 heavy (non-hydrogen) atoms. The van der Waals surface area contributed by atoms with Gasteiger partial charge in [0.25, 0.3) is 5.69 Å². The number of nitro benzene ring substituents is 1. The number of hydrogen-bond acceptors (Lipinski definition) is 10. The fraction of sp³-hybridized carbons (Fsp3) is 0.609. The molecule has 2 unspecified atom stereocenters. The summed E-state index contributed by atoms with van der Waals surface area (Å²) in [5, 5.41) is 10.1. The lowest BCUT2D eigenvalue weighted by atomic mass is 10.0. The summed E-state index contributed by atoms with van der Waals surface area (Å²) < 4.78 is 11.9. The van der Waals surface area contributed by atoms with E-state index in [9.17, 15) is 10.1 Å². The molecule has 11 nitrogen and oxygen atoms in total. The zero-order valence-electron chi connectivity index (χ0n) is 39.5. The smallest absolute Gasteiger partial charge is 0.292 e. The molecule has 3 rings (SSSR count). The molecule has 2 atom stereocenters. The Bertz CT molecular complexity index is 1250. The standard InChI is InChI=1S/C22H40N2O2.C7H10N2.C6H6N2O2.5C2H6.CH5N/c1-5-9-11-17(7-3)15-25-21-13-20(24)22(14-19(21)23)26-16-18(8-4)12-10-6-2;1-5-4-6(8)2-3-7(5)9;7-5-3-1-2-4-6(5)8(9)10;6*1-2/h13-14,17-18H,5-12,15-16,23-24H2,1-4H3;2-4H,8-9H2,1H3;1-4H,7H2;5*1-2H3;2H2,1H3. The van der Waals surface area contributed by atoms with Gasteiger partial charge in [-0.05, 0) is 68.5 Å². The highest BCUT2D eigenvalue weighted by molar-refractivity contribution is 5.67. The van der Waals surface area contributed by atoms with Gasteiger partial charge in [-0.25, -0.2) is 0 Å². The number of ether oxygens (including phenoxy) is 2. The van der Waals surface area contributed by atoms with Crippen LogP contribution in [-0.4, -0.2) is 25.2 Å². The number of rotatable bonds is 15. The first kappa shape index (κ1) is 64.5. The summed E-state index contributed by atoms with van der Waals surface area (Å²) in [4.78, 5) is 9.64. The van der Waals surface area contributed by atoms with E-state index in [2.05, 4.69) is 33.4 Å². The van der Waals surface area contributed by atoms with Gasteiger partial charge < -0.3 is 43.9 Å². The molecule has 0 bridgehead atoms. The van der Waals surface area contributed by atoms with Gasteiger partial charge in [0.05, 0.1) is 29.5 Å². The van der Waals surface area contributed by atoms with Gasteiger partial charge >= 0.3 is 0 Å². The van der Waals surface area contributed by atoms with Crippen molar-refractivity contribution in [2.45, 2.75) is 155 Å². The molecule has 3 aromatic rings. The topological polar surface area (TPSA) is 218 Å². The lowest BCUT2D eigenvalue weighted by Gasteiger charge is -2.19. The summed E-state index contributed by atoms with van der Waals surface area (Å²) >= 11 is 0. The first-order valence-electron chi connectivity index (χ1n) is 21.6. The largest absolute Gasteiger partial charge is 0.491 e. The Kier molecular flexibility index (Phi) is 54.1. The highest BCUT2D eigenvalue weighted by Gasteiger charge is 2.13. The van der Waals surface area contributed by atoms with Crippen LogP contribution >= 0.6 is 0 Å². The van der Waals surface area contributed by atoms with Crippen LogP contribution in [0, 0.1) is 28.9 Å². The minimum Gasteiger partial charge on any atom is -0.491 e. The van der Waals surface area contributed by atoms with Crippen LogP contribution < -0.4 is 43.9 Å². The quantitative estimate of drug-likeness (QED) is 0.0485. The SMILES string of the molecule is CC.CC.CC.CC.CC.CCCCC(CC)COc1cc(N)c(OCC(CC)CCCC)cc1N.CN.Cc1cc(N)ccc1N.Nc1ccccc1[N+](=O)[O-]. The number of benzene rings is 3. The number of hydrogen-bond donors (Lipinski definition) is 6. The van der Waals surface area contributed by atoms with Gasteiger partial charge in [0.1, 0.15) is 17.2 Å². The fourth-order valence-electron chi connectivity index (χ4n) is 4.41. The van der Waals surface area contributed by atoms with Gasteiger partial charge in [-0.2, -0.15) is 0 Å². The maximum atomic E-state index is 10.1. The molecule has 0 spiro atoms. The molecule has 0 saturated carbocycles. The van der Waals surface area contributed by atoms with Crippen LogP contribution in [0.4, 0.5) is 34.1 Å². The van der Waals surface area contributed by atoms with Crippen molar-refractivity contribution < 1.29 is 14.4 Å². The van der Waals surface area contributed by atoms with Crippen LogP contribution in [0.5, 0.6) is 11.5 Å². The van der Waals surface area contributed by atoms with E-state index < -0.39 is 4.92 Å². The number of nitro groups is 1. The van der Waals surface area contributed by atoms with Crippen molar-refractivity contribution in [2.24, 2.45) is 17.6 Å². The van der Waals surface area contributed by atoms with Crippen LogP contribution in [-0.2, 0) is 0 Å². The number of nitrogens with two attached hydrogens (primary N) is 6. The van der Waals surface area contributed by atoms with Gasteiger partial charge in [-0.3, -0.25) is 10.1 Å². The molecule has 3 aromatic carbocycles. The Balaban J connectivity index is -0.000000172. The normalized spacial score (nSPS) is 9.84. The van der Waals surface area contributed by atoms with Crippen molar-refractivity contribution in [1.82, 2.24) is 0 Å². The van der Waals surface area contributed by atoms with E-state index in [1.54, 1.807) is 18.2 Å². The van der Waals surface area contributed by atoms with E-state index in [4.69, 9.17) is 38.1 Å². The van der Waals surface area contributed by atoms with Crippen LogP contribution in [0.15, 0.2) is 54.6 Å². The lowest BCUT2D eigenvalue weighted by Crippen LogP contribution is -2.14. The molecule has 334 valence electrons. The summed E-state index contributed by atoms with van der Waals surface area (Å²) in [5.41, 5.74) is 37.1. The molecule has 0 fully saturated rings. The number of aryl methyl sites for hydroxylation is 1. The molecule has 0 aromatic heterocycles. The van der Waals surface area contributed by atoms with Crippen LogP contribution in [0.1, 0.15) is 154 Å². The number of nitrogens with zero attached hydrogens (tertiary/aromatic N) is 1. The van der Waals surface area contributed by atoms with E-state index in [1.165, 1.54) is 57.7 Å². The maximum Gasteiger partial charge on any atom is 0.292 e. The summed E-state index contributed by atoms with van der Waals surface area (Å²) in [6.07, 6.45) is 9.54. The third kappa shape index (κ3) is 33.5. The first-order chi connectivity index (χ1) is 27.5. The van der Waals surface area contributed by atoms with Gasteiger partial charge in [-0.1, -0.05) is 148 Å². The average Bonchev–Trinajstić information content (AvgIpc) is 3.25. The molecule has 0 amide bonds. The number of anilines is 5. The van der Waals surface area contributed by atoms with Crippen LogP contribution in [0.2, 0.25) is 0 Å². The molecule has 0 aliphatic heterocycles. The zero-order valence-corrected chi connectivity index (χ0v) is 39.5. The highest BCUT2D eigenvalue weighted by Crippen LogP contribution is 2.34. The van der Waals surface area contributed by atoms with Crippen molar-refractivity contribution >= 4 is 34.1 Å². The van der Waals surface area contributed by atoms with E-state index in [0.29, 0.717) is 47.9 Å². The van der Waals surface area contributed by atoms with E-state index in [1.807, 2.05) is 100 Å². The first-order valence-corrected chi connectivity index (χ1v) is 21.6. The Hall–Kier alpha value is -4.38. The number of unbranched alkanes of at least 4 members (excludes halogenated alkanes) is 2. The third-order valence-electron chi connectivity index (χ3n) is 7.61. The second-order valence-corrected chi connectivity index (χ2v) is 11.3. The Morgan fingerprint density at radius 3 is 1.25 bits per heavy atom. The molecule has 0 heterocycles. The summed E-state index contributed by atoms with van der Waals surface area (Å²) in [6, 6.07) is 15.2. The number of nitrogen functional groups attached to an aromatic ring is 5. The Morgan fingerprint density at radius 2 is 0.965 bits per heavy atom. The fourth-order valence-corrected chi connectivity index (χ4v) is 4.41. The molecule has 11 heteroatoms. The van der Waals surface area contributed by atoms with E-state index >= 15 is 0 Å². The van der Waals surface area contributed by atoms with Crippen molar-refractivity contribution in [3.8, 4) is 11.5 Å². The molecule has 0 aliphatic carbocycles. The number of para-hydroxylation sites is 2. The minimum atomic E-state index is -0.505. The van der Waals surface area contributed by atoms with Gasteiger partial charge in [0.2, 0.25) is 0 Å². The van der Waals surface area contributed by atoms with Crippen LogP contribution in [0.25, 0.3) is 0 Å². The second kappa shape index (κ2) is 47.8. The van der Waals surface area contributed by atoms with Crippen molar-refractivity contribution in [2.75, 3.05) is 48.9 Å². The third-order valence-corrected chi connectivity index (χ3v) is 7.61. The van der Waals surface area contributed by atoms with Crippen molar-refractivity contribution in [3.63, 3.8) is 0 Å². The summed E-state index contributed by atoms with van der Waals surface area (Å²) in [6.45, 7) is 32.2. The zero-order chi connectivity index (χ0) is 45.8. The monoisotopic (exact) mass is 806 g/mol. The molecule has 12 N–H and O–H groups in total. The minimum absolute atomic E-state index is 0.0394. The average molecular weight is 806 g/mol. The predicted octanol–water partition coefficient (Wildman–Crippen LogP) is 13.1. The van der Waals surface area contributed by atoms with Gasteiger partial charge in [0.15, 0.2) is 0 Å². The summed E-state index contributed by atoms with van der Waals surface area (Å²) in [5.74, 6) is 2.47. The molecular formula is C46H91N7O4. The van der Waals surface area contributed by atoms with Crippen molar-refractivity contribution in [3.05, 3.63) is 70.3 Å². The maximum absolute atomic E-state index is 10.1. The lowest BCUT2D eigenvalue weighted by molar-refractivity contribution is -0.383. The van der Waals surface area contributed by atoms with Gasteiger partial charge in [0, 0.05) is 29.6 Å². The predicted molar refractivity (Wildman–Crippen MR) is 257 cm³/mol. The Labute approximate surface area is 351 Å². The second-order valence-electron chi connectivity index (χ2n) is 11.3. The highest BCUT2D eigenvalue weighted by atomic mass is 16.6. The molecule has 0 aliphatic rings. The van der Waals surface area contributed by atoms with Crippen LogP contribution in [0.3, 0.4) is 0 Å². The Morgan fingerprint density at radius 1 is 0.579 bits per heavy atom. The van der Waals surface area contributed by atoms with E-state index in [-0.39, 0.29) is 11.4 Å².